The smallest absolute Gasteiger partial charge is 0.301 e. The van der Waals surface area contributed by atoms with Crippen LogP contribution >= 0.6 is 11.3 Å². The molecule has 2 heterocycles. The second-order valence-corrected chi connectivity index (χ2v) is 7.67. The third kappa shape index (κ3) is 3.46. The number of ketones is 1. The third-order valence-electron chi connectivity index (χ3n) is 4.93. The standard InChI is InChI=1S/C21H14FN3O5S/c1-11-2-3-13(10-15(11)22)18(26)16-17(12-4-6-14(7-5-12)25(29)30)24(20(28)19(16)27)21-23-8-9-31-21/h2-10,17,26H,1H3/t17-/m0/s1. The summed E-state index contributed by atoms with van der Waals surface area (Å²) in [4.78, 5) is 41.4. The first kappa shape index (κ1) is 20.4. The van der Waals surface area contributed by atoms with Gasteiger partial charge in [0.25, 0.3) is 11.5 Å². The number of nitro benzene ring substituents is 1. The third-order valence-corrected chi connectivity index (χ3v) is 5.71. The Bertz CT molecular complexity index is 1240. The van der Waals surface area contributed by atoms with Crippen LogP contribution in [0.4, 0.5) is 15.2 Å². The molecule has 1 saturated heterocycles. The Morgan fingerprint density at radius 3 is 2.52 bits per heavy atom. The van der Waals surface area contributed by atoms with Crippen LogP contribution in [0.25, 0.3) is 5.76 Å². The molecule has 4 rings (SSSR count). The van der Waals surface area contributed by atoms with Crippen LogP contribution in [0.3, 0.4) is 0 Å². The van der Waals surface area contributed by atoms with Crippen molar-refractivity contribution in [2.45, 2.75) is 13.0 Å². The fraction of sp³-hybridized carbons (Fsp3) is 0.0952. The number of carbonyl (C=O) groups excluding carboxylic acids is 2. The Morgan fingerprint density at radius 2 is 1.94 bits per heavy atom. The lowest BCUT2D eigenvalue weighted by Crippen LogP contribution is -2.29. The molecule has 0 saturated carbocycles. The molecule has 1 aliphatic rings. The van der Waals surface area contributed by atoms with Crippen LogP contribution in [0.2, 0.25) is 0 Å². The molecule has 2 aromatic carbocycles. The number of thiazole rings is 1. The van der Waals surface area contributed by atoms with E-state index in [9.17, 15) is 29.2 Å². The Morgan fingerprint density at radius 1 is 1.23 bits per heavy atom. The van der Waals surface area contributed by atoms with Crippen LogP contribution in [0.15, 0.2) is 59.6 Å². The minimum atomic E-state index is -1.09. The summed E-state index contributed by atoms with van der Waals surface area (Å²) in [6.45, 7) is 1.55. The average Bonchev–Trinajstić information content (AvgIpc) is 3.36. The number of anilines is 1. The molecule has 10 heteroatoms. The number of aliphatic hydroxyl groups is 1. The SMILES string of the molecule is Cc1ccc(C(O)=C2C(=O)C(=O)N(c3nccs3)[C@H]2c2ccc([N+](=O)[O-])cc2)cc1F. The number of hydrogen-bond acceptors (Lipinski definition) is 7. The lowest BCUT2D eigenvalue weighted by Gasteiger charge is -2.22. The Balaban J connectivity index is 1.93. The zero-order valence-electron chi connectivity index (χ0n) is 16.0. The summed E-state index contributed by atoms with van der Waals surface area (Å²) in [7, 11) is 0. The second kappa shape index (κ2) is 7.73. The predicted molar refractivity (Wildman–Crippen MR) is 111 cm³/mol. The summed E-state index contributed by atoms with van der Waals surface area (Å²) >= 11 is 1.12. The van der Waals surface area contributed by atoms with Gasteiger partial charge in [-0.05, 0) is 36.2 Å². The summed E-state index contributed by atoms with van der Waals surface area (Å²) in [5.41, 5.74) is 0.320. The van der Waals surface area contributed by atoms with E-state index in [0.29, 0.717) is 11.1 Å². The molecule has 8 nitrogen and oxygen atoms in total. The fourth-order valence-electron chi connectivity index (χ4n) is 3.35. The molecule has 0 bridgehead atoms. The number of amides is 1. The highest BCUT2D eigenvalue weighted by Gasteiger charge is 2.48. The van der Waals surface area contributed by atoms with Gasteiger partial charge in [-0.15, -0.1) is 11.3 Å². The molecular weight excluding hydrogens is 425 g/mol. The van der Waals surface area contributed by atoms with Gasteiger partial charge in [0.2, 0.25) is 0 Å². The van der Waals surface area contributed by atoms with Crippen molar-refractivity contribution in [3.63, 3.8) is 0 Å². The molecule has 1 fully saturated rings. The number of nitrogens with zero attached hydrogens (tertiary/aromatic N) is 3. The fourth-order valence-corrected chi connectivity index (χ4v) is 4.02. The maximum absolute atomic E-state index is 14.1. The molecule has 1 aromatic heterocycles. The van der Waals surface area contributed by atoms with Crippen molar-refractivity contribution in [3.05, 3.63) is 92.2 Å². The van der Waals surface area contributed by atoms with Gasteiger partial charge in [0.1, 0.15) is 11.6 Å². The number of aromatic nitrogens is 1. The van der Waals surface area contributed by atoms with Crippen molar-refractivity contribution in [2.24, 2.45) is 0 Å². The predicted octanol–water partition coefficient (Wildman–Crippen LogP) is 4.13. The van der Waals surface area contributed by atoms with E-state index < -0.39 is 34.2 Å². The van der Waals surface area contributed by atoms with Crippen LogP contribution in [-0.4, -0.2) is 26.7 Å². The second-order valence-electron chi connectivity index (χ2n) is 6.80. The number of nitro groups is 1. The van der Waals surface area contributed by atoms with E-state index in [1.807, 2.05) is 0 Å². The number of halogens is 1. The number of rotatable bonds is 4. The van der Waals surface area contributed by atoms with Crippen molar-refractivity contribution >= 4 is 39.6 Å². The topological polar surface area (TPSA) is 114 Å². The quantitative estimate of drug-likeness (QED) is 0.215. The largest absolute Gasteiger partial charge is 0.507 e. The molecule has 0 unspecified atom stereocenters. The Hall–Kier alpha value is -3.92. The van der Waals surface area contributed by atoms with Gasteiger partial charge in [-0.1, -0.05) is 12.1 Å². The molecule has 1 atom stereocenters. The highest BCUT2D eigenvalue weighted by Crippen LogP contribution is 2.43. The molecule has 1 amide bonds. The van der Waals surface area contributed by atoms with Crippen molar-refractivity contribution in [1.29, 1.82) is 0 Å². The number of benzene rings is 2. The van der Waals surface area contributed by atoms with Gasteiger partial charge in [-0.2, -0.15) is 0 Å². The number of Topliss-reactive ketones (excluding diaryl/α,β-unsaturated/α-hetero) is 1. The Kier molecular flexibility index (Phi) is 5.07. The van der Waals surface area contributed by atoms with E-state index in [0.717, 1.165) is 22.3 Å². The summed E-state index contributed by atoms with van der Waals surface area (Å²) < 4.78 is 14.1. The van der Waals surface area contributed by atoms with Gasteiger partial charge >= 0.3 is 5.91 Å². The first-order chi connectivity index (χ1) is 14.8. The number of aryl methyl sites for hydroxylation is 1. The lowest BCUT2D eigenvalue weighted by atomic mass is 9.95. The minimum Gasteiger partial charge on any atom is -0.507 e. The lowest BCUT2D eigenvalue weighted by molar-refractivity contribution is -0.384. The van der Waals surface area contributed by atoms with Crippen LogP contribution < -0.4 is 4.90 Å². The molecule has 0 radical (unpaired) electrons. The van der Waals surface area contributed by atoms with E-state index in [4.69, 9.17) is 0 Å². The highest BCUT2D eigenvalue weighted by atomic mass is 32.1. The molecule has 1 N–H and O–H groups in total. The summed E-state index contributed by atoms with van der Waals surface area (Å²) in [6, 6.07) is 8.16. The van der Waals surface area contributed by atoms with Crippen LogP contribution in [0.1, 0.15) is 22.7 Å². The summed E-state index contributed by atoms with van der Waals surface area (Å²) in [6.07, 6.45) is 1.46. The van der Waals surface area contributed by atoms with Gasteiger partial charge < -0.3 is 5.11 Å². The van der Waals surface area contributed by atoms with E-state index in [1.54, 1.807) is 12.3 Å². The van der Waals surface area contributed by atoms with E-state index in [1.165, 1.54) is 42.6 Å². The number of carbonyl (C=O) groups is 2. The van der Waals surface area contributed by atoms with Gasteiger partial charge in [-0.25, -0.2) is 9.37 Å². The van der Waals surface area contributed by atoms with Crippen molar-refractivity contribution < 1.29 is 24.0 Å². The molecule has 31 heavy (non-hydrogen) atoms. The van der Waals surface area contributed by atoms with Gasteiger partial charge in [0.15, 0.2) is 5.13 Å². The molecule has 156 valence electrons. The van der Waals surface area contributed by atoms with Gasteiger partial charge in [-0.3, -0.25) is 24.6 Å². The average molecular weight is 439 g/mol. The zero-order chi connectivity index (χ0) is 22.3. The summed E-state index contributed by atoms with van der Waals surface area (Å²) in [5, 5.41) is 23.7. The van der Waals surface area contributed by atoms with Crippen molar-refractivity contribution in [2.75, 3.05) is 4.90 Å². The van der Waals surface area contributed by atoms with E-state index >= 15 is 0 Å². The molecule has 3 aromatic rings. The normalized spacial score (nSPS) is 17.9. The molecule has 0 spiro atoms. The molecule has 1 aliphatic heterocycles. The molecular formula is C21H14FN3O5S. The first-order valence-electron chi connectivity index (χ1n) is 9.01. The number of non-ortho nitro benzene ring substituents is 1. The maximum atomic E-state index is 14.1. The Labute approximate surface area is 179 Å². The summed E-state index contributed by atoms with van der Waals surface area (Å²) in [5.74, 6) is -2.99. The number of aliphatic hydroxyl groups excluding tert-OH is 1. The van der Waals surface area contributed by atoms with Crippen LogP contribution in [0.5, 0.6) is 0 Å². The van der Waals surface area contributed by atoms with E-state index in [-0.39, 0.29) is 22.0 Å². The van der Waals surface area contributed by atoms with Crippen LogP contribution in [0, 0.1) is 22.9 Å². The van der Waals surface area contributed by atoms with E-state index in [2.05, 4.69) is 4.98 Å². The zero-order valence-corrected chi connectivity index (χ0v) is 16.8. The minimum absolute atomic E-state index is 0.0344. The number of hydrogen-bond donors (Lipinski definition) is 1. The van der Waals surface area contributed by atoms with Gasteiger partial charge in [0.05, 0.1) is 16.5 Å². The molecule has 0 aliphatic carbocycles. The highest BCUT2D eigenvalue weighted by molar-refractivity contribution is 7.14. The van der Waals surface area contributed by atoms with Crippen molar-refractivity contribution in [1.82, 2.24) is 4.98 Å². The van der Waals surface area contributed by atoms with Gasteiger partial charge in [0, 0.05) is 29.3 Å². The monoisotopic (exact) mass is 439 g/mol. The van der Waals surface area contributed by atoms with Crippen LogP contribution in [-0.2, 0) is 9.59 Å². The maximum Gasteiger partial charge on any atom is 0.301 e. The first-order valence-corrected chi connectivity index (χ1v) is 9.89. The van der Waals surface area contributed by atoms with Crippen molar-refractivity contribution in [3.8, 4) is 0 Å².